The molecular formula is C4H9IOS2. The second-order valence-corrected chi connectivity index (χ2v) is 11.2. The highest BCUT2D eigenvalue weighted by atomic mass is 127. The van der Waals surface area contributed by atoms with Crippen LogP contribution in [0.1, 0.15) is 13.8 Å². The van der Waals surface area contributed by atoms with E-state index >= 15 is 0 Å². The molecule has 1 unspecified atom stereocenters. The largest absolute Gasteiger partial charge is 0.246 e. The van der Waals surface area contributed by atoms with Gasteiger partial charge in [-0.25, -0.2) is 4.21 Å². The van der Waals surface area contributed by atoms with Crippen LogP contribution in [-0.4, -0.2) is 9.96 Å². The molecule has 0 aliphatic heterocycles. The van der Waals surface area contributed by atoms with Gasteiger partial charge in [-0.2, -0.15) is 0 Å². The van der Waals surface area contributed by atoms with E-state index in [0.29, 0.717) is 11.7 Å². The molecule has 0 aromatic carbocycles. The predicted octanol–water partition coefficient (Wildman–Crippen LogP) is 1.74. The van der Waals surface area contributed by atoms with Crippen LogP contribution in [0.2, 0.25) is 0 Å². The summed E-state index contributed by atoms with van der Waals surface area (Å²) in [5, 5.41) is 0. The van der Waals surface area contributed by atoms with Crippen molar-refractivity contribution in [1.29, 1.82) is 0 Å². The van der Waals surface area contributed by atoms with Gasteiger partial charge in [-0.3, -0.25) is 0 Å². The molecule has 4 heteroatoms. The second kappa shape index (κ2) is 3.31. The maximum absolute atomic E-state index is 10.8. The molecule has 50 valence electrons. The summed E-state index contributed by atoms with van der Waals surface area (Å²) < 4.78 is 10.8. The van der Waals surface area contributed by atoms with Gasteiger partial charge in [-0.05, 0) is 17.1 Å². The summed E-state index contributed by atoms with van der Waals surface area (Å²) in [4.78, 5) is 0. The molecule has 0 bridgehead atoms. The summed E-state index contributed by atoms with van der Waals surface area (Å²) in [6.45, 7) is 4.04. The standard InChI is InChI=1S/C4H9IOS2/c1-4(2)3-8(5,6)7/h4H,3H2,1-2H3. The maximum atomic E-state index is 10.8. The van der Waals surface area contributed by atoms with Crippen molar-refractivity contribution in [2.45, 2.75) is 13.8 Å². The smallest absolute Gasteiger partial charge is 0.0855 e. The predicted molar refractivity (Wildman–Crippen MR) is 49.2 cm³/mol. The number of hydrogen-bond donors (Lipinski definition) is 0. The number of rotatable bonds is 2. The molecule has 0 rings (SSSR count). The van der Waals surface area contributed by atoms with Gasteiger partial charge in [0.15, 0.2) is 0 Å². The van der Waals surface area contributed by atoms with E-state index in [4.69, 9.17) is 0 Å². The highest BCUT2D eigenvalue weighted by Crippen LogP contribution is 2.07. The fourth-order valence-corrected chi connectivity index (χ4v) is 4.17. The maximum Gasteiger partial charge on any atom is 0.0855 e. The summed E-state index contributed by atoms with van der Waals surface area (Å²) in [7, 11) is 0. The molecule has 1 nitrogen and oxygen atoms in total. The highest BCUT2D eigenvalue weighted by Gasteiger charge is 2.02. The van der Waals surface area contributed by atoms with E-state index in [-0.39, 0.29) is 0 Å². The lowest BCUT2D eigenvalue weighted by Gasteiger charge is -1.99. The zero-order chi connectivity index (χ0) is 6.78. The summed E-state index contributed by atoms with van der Waals surface area (Å²) in [5.74, 6) is 1.11. The van der Waals surface area contributed by atoms with Gasteiger partial charge in [0.25, 0.3) is 0 Å². The van der Waals surface area contributed by atoms with E-state index in [2.05, 4.69) is 11.2 Å². The van der Waals surface area contributed by atoms with Crippen molar-refractivity contribution in [3.63, 3.8) is 0 Å². The van der Waals surface area contributed by atoms with Gasteiger partial charge < -0.3 is 0 Å². The molecule has 0 aliphatic rings. The van der Waals surface area contributed by atoms with Crippen LogP contribution in [-0.2, 0) is 16.9 Å². The minimum Gasteiger partial charge on any atom is -0.246 e. The average Bonchev–Trinajstić information content (AvgIpc) is 1.21. The SMILES string of the molecule is CC(C)CS(=O)(=S)I. The highest BCUT2D eigenvalue weighted by molar-refractivity contribution is 14.2. The third-order valence-corrected chi connectivity index (χ3v) is 3.08. The summed E-state index contributed by atoms with van der Waals surface area (Å²) >= 11 is 6.51. The Morgan fingerprint density at radius 2 is 2.12 bits per heavy atom. The quantitative estimate of drug-likeness (QED) is 0.558. The van der Waals surface area contributed by atoms with Crippen LogP contribution in [0.4, 0.5) is 0 Å². The van der Waals surface area contributed by atoms with Crippen molar-refractivity contribution in [1.82, 2.24) is 0 Å². The van der Waals surface area contributed by atoms with Crippen LogP contribution in [0.15, 0.2) is 0 Å². The number of hydrogen-bond acceptors (Lipinski definition) is 2. The Morgan fingerprint density at radius 3 is 2.12 bits per heavy atom. The third kappa shape index (κ3) is 7.10. The van der Waals surface area contributed by atoms with E-state index in [1.165, 1.54) is 0 Å². The van der Waals surface area contributed by atoms with E-state index in [0.717, 1.165) is 0 Å². The van der Waals surface area contributed by atoms with Crippen LogP contribution >= 0.6 is 21.2 Å². The van der Waals surface area contributed by atoms with Crippen molar-refractivity contribution in [3.05, 3.63) is 0 Å². The summed E-state index contributed by atoms with van der Waals surface area (Å²) in [6.07, 6.45) is 0. The Kier molecular flexibility index (Phi) is 3.77. The lowest BCUT2D eigenvalue weighted by molar-refractivity contribution is 0.674. The topological polar surface area (TPSA) is 17.1 Å². The normalized spacial score (nSPS) is 18.5. The van der Waals surface area contributed by atoms with E-state index in [1.54, 1.807) is 0 Å². The molecule has 8 heavy (non-hydrogen) atoms. The van der Waals surface area contributed by atoms with Gasteiger partial charge in [0.1, 0.15) is 0 Å². The second-order valence-electron chi connectivity index (χ2n) is 2.10. The van der Waals surface area contributed by atoms with E-state index < -0.39 is 5.66 Å². The first-order chi connectivity index (χ1) is 3.42. The fraction of sp³-hybridized carbons (Fsp3) is 1.00. The van der Waals surface area contributed by atoms with Crippen LogP contribution in [0.5, 0.6) is 0 Å². The molecule has 0 aromatic heterocycles. The lowest BCUT2D eigenvalue weighted by Crippen LogP contribution is -2.01. The molecule has 0 N–H and O–H groups in total. The lowest BCUT2D eigenvalue weighted by atomic mass is 10.3. The molecule has 0 amide bonds. The van der Waals surface area contributed by atoms with Crippen molar-refractivity contribution in [3.8, 4) is 0 Å². The Balaban J connectivity index is 3.75. The van der Waals surface area contributed by atoms with Gasteiger partial charge in [-0.1, -0.05) is 13.8 Å². The molecule has 1 atom stereocenters. The molecule has 0 saturated heterocycles. The number of halogens is 1. The Hall–Kier alpha value is 1.10. The van der Waals surface area contributed by atoms with E-state index in [9.17, 15) is 4.21 Å². The molecule has 0 spiro atoms. The van der Waals surface area contributed by atoms with Crippen LogP contribution in [0.25, 0.3) is 0 Å². The minimum atomic E-state index is -1.92. The molecule has 0 saturated carbocycles. The first kappa shape index (κ1) is 9.10. The first-order valence-corrected chi connectivity index (χ1v) is 7.53. The van der Waals surface area contributed by atoms with Gasteiger partial charge in [-0.15, -0.1) is 0 Å². The molecule has 0 radical (unpaired) electrons. The zero-order valence-corrected chi connectivity index (χ0v) is 8.68. The van der Waals surface area contributed by atoms with E-state index in [1.807, 2.05) is 35.1 Å². The van der Waals surface area contributed by atoms with Crippen LogP contribution < -0.4 is 0 Å². The van der Waals surface area contributed by atoms with Crippen molar-refractivity contribution >= 4 is 38.1 Å². The fourth-order valence-electron chi connectivity index (χ4n) is 0.398. The third-order valence-electron chi connectivity index (χ3n) is 0.532. The van der Waals surface area contributed by atoms with Crippen molar-refractivity contribution in [2.24, 2.45) is 5.92 Å². The Bertz CT molecular complexity index is 147. The molecule has 0 fully saturated rings. The summed E-state index contributed by atoms with van der Waals surface area (Å²) in [6, 6.07) is 0. The molecule has 0 heterocycles. The van der Waals surface area contributed by atoms with Crippen molar-refractivity contribution < 1.29 is 4.21 Å². The Labute approximate surface area is 67.5 Å². The van der Waals surface area contributed by atoms with Gasteiger partial charge in [0, 0.05) is 27.0 Å². The zero-order valence-electron chi connectivity index (χ0n) is 4.89. The Morgan fingerprint density at radius 1 is 1.75 bits per heavy atom. The molecule has 0 aromatic rings. The average molecular weight is 264 g/mol. The van der Waals surface area contributed by atoms with Crippen LogP contribution in [0, 0.1) is 5.92 Å². The van der Waals surface area contributed by atoms with Crippen molar-refractivity contribution in [2.75, 3.05) is 5.75 Å². The first-order valence-electron chi connectivity index (χ1n) is 2.34. The monoisotopic (exact) mass is 264 g/mol. The molecule has 0 aliphatic carbocycles. The summed E-state index contributed by atoms with van der Waals surface area (Å²) in [5.41, 5.74) is -1.92. The minimum absolute atomic E-state index is 0.455. The van der Waals surface area contributed by atoms with Gasteiger partial charge >= 0.3 is 0 Å². The van der Waals surface area contributed by atoms with Gasteiger partial charge in [0.2, 0.25) is 0 Å². The van der Waals surface area contributed by atoms with Gasteiger partial charge in [0.05, 0.1) is 5.66 Å². The van der Waals surface area contributed by atoms with Crippen LogP contribution in [0.3, 0.4) is 0 Å². The molecular weight excluding hydrogens is 255 g/mol.